The minimum absolute atomic E-state index is 0.268. The third-order valence-electron chi connectivity index (χ3n) is 7.47. The zero-order chi connectivity index (χ0) is 20.9. The fourth-order valence-corrected chi connectivity index (χ4v) is 7.61. The van der Waals surface area contributed by atoms with Crippen LogP contribution in [-0.4, -0.2) is 22.6 Å². The van der Waals surface area contributed by atoms with Crippen molar-refractivity contribution in [3.63, 3.8) is 0 Å². The van der Waals surface area contributed by atoms with E-state index in [1.165, 1.54) is 51.2 Å². The summed E-state index contributed by atoms with van der Waals surface area (Å²) in [6.45, 7) is 0. The minimum atomic E-state index is -3.71. The van der Waals surface area contributed by atoms with Gasteiger partial charge in [0.2, 0.25) is 0 Å². The van der Waals surface area contributed by atoms with Crippen molar-refractivity contribution in [2.75, 3.05) is 18.9 Å². The maximum Gasteiger partial charge on any atom is 0.262 e. The fourth-order valence-electron chi connectivity index (χ4n) is 6.54. The molecule has 30 heavy (non-hydrogen) atoms. The predicted octanol–water partition coefficient (Wildman–Crippen LogP) is 4.97. The van der Waals surface area contributed by atoms with E-state index in [4.69, 9.17) is 9.47 Å². The van der Waals surface area contributed by atoms with Gasteiger partial charge in [-0.1, -0.05) is 12.1 Å². The van der Waals surface area contributed by atoms with E-state index in [9.17, 15) is 8.42 Å². The lowest BCUT2D eigenvalue weighted by Gasteiger charge is -2.57. The molecule has 4 aliphatic carbocycles. The van der Waals surface area contributed by atoms with Crippen molar-refractivity contribution in [3.05, 3.63) is 48.0 Å². The Kier molecular flexibility index (Phi) is 4.73. The van der Waals surface area contributed by atoms with Crippen LogP contribution in [0.3, 0.4) is 0 Å². The molecule has 0 saturated heterocycles. The Hall–Kier alpha value is -2.21. The lowest BCUT2D eigenvalue weighted by Crippen LogP contribution is -2.48. The molecule has 0 unspecified atom stereocenters. The molecule has 6 rings (SSSR count). The van der Waals surface area contributed by atoms with Gasteiger partial charge in [-0.25, -0.2) is 8.42 Å². The minimum Gasteiger partial charge on any atom is -0.497 e. The van der Waals surface area contributed by atoms with Crippen LogP contribution in [0.5, 0.6) is 11.5 Å². The second kappa shape index (κ2) is 7.19. The number of methoxy groups -OCH3 is 2. The summed E-state index contributed by atoms with van der Waals surface area (Å²) in [5, 5.41) is 0. The van der Waals surface area contributed by atoms with Gasteiger partial charge in [0, 0.05) is 6.07 Å². The Labute approximate surface area is 178 Å². The fraction of sp³-hybridized carbons (Fsp3) is 0.500. The van der Waals surface area contributed by atoms with Crippen LogP contribution in [-0.2, 0) is 15.4 Å². The number of hydrogen-bond donors (Lipinski definition) is 1. The van der Waals surface area contributed by atoms with E-state index in [2.05, 4.69) is 4.72 Å². The second-order valence-corrected chi connectivity index (χ2v) is 11.1. The molecule has 4 fully saturated rings. The molecule has 160 valence electrons. The standard InChI is InChI=1S/C24H29NO4S/c1-28-20-5-8-22(23(12-20)29-2)25-30(26,27)21-6-3-19(4-7-21)24-13-16-9-17(14-24)11-18(10-16)15-24/h3-8,12,16-18,25H,9-11,13-15H2,1-2H3. The van der Waals surface area contributed by atoms with E-state index in [1.807, 2.05) is 12.1 Å². The highest BCUT2D eigenvalue weighted by atomic mass is 32.2. The molecule has 0 atom stereocenters. The molecule has 1 N–H and O–H groups in total. The van der Waals surface area contributed by atoms with E-state index < -0.39 is 10.0 Å². The quantitative estimate of drug-likeness (QED) is 0.707. The van der Waals surface area contributed by atoms with Gasteiger partial charge in [0.15, 0.2) is 0 Å². The van der Waals surface area contributed by atoms with Crippen LogP contribution < -0.4 is 14.2 Å². The first-order valence-corrected chi connectivity index (χ1v) is 12.2. The molecule has 4 bridgehead atoms. The molecule has 0 amide bonds. The van der Waals surface area contributed by atoms with Crippen molar-refractivity contribution >= 4 is 15.7 Å². The Bertz CT molecular complexity index is 1010. The van der Waals surface area contributed by atoms with E-state index in [-0.39, 0.29) is 10.3 Å². The first-order chi connectivity index (χ1) is 14.4. The van der Waals surface area contributed by atoms with Gasteiger partial charge in [0.25, 0.3) is 10.0 Å². The average Bonchev–Trinajstić information content (AvgIpc) is 2.73. The lowest BCUT2D eigenvalue weighted by atomic mass is 9.48. The number of rotatable bonds is 6. The third-order valence-corrected chi connectivity index (χ3v) is 8.85. The summed E-state index contributed by atoms with van der Waals surface area (Å²) in [6, 6.07) is 12.6. The number of sulfonamides is 1. The van der Waals surface area contributed by atoms with Crippen LogP contribution in [0.15, 0.2) is 47.4 Å². The van der Waals surface area contributed by atoms with Crippen LogP contribution in [0.2, 0.25) is 0 Å². The molecule has 4 aliphatic rings. The van der Waals surface area contributed by atoms with Gasteiger partial charge in [-0.3, -0.25) is 4.72 Å². The molecule has 0 spiro atoms. The van der Waals surface area contributed by atoms with Crippen molar-refractivity contribution in [2.24, 2.45) is 17.8 Å². The summed E-state index contributed by atoms with van der Waals surface area (Å²) in [5.41, 5.74) is 1.98. The first kappa shape index (κ1) is 19.7. The Morgan fingerprint density at radius 1 is 0.867 bits per heavy atom. The smallest absolute Gasteiger partial charge is 0.262 e. The molecule has 0 aromatic heterocycles. The number of benzene rings is 2. The molecule has 6 heteroatoms. The molecule has 0 aliphatic heterocycles. The van der Waals surface area contributed by atoms with Crippen molar-refractivity contribution in [1.29, 1.82) is 0 Å². The molecular formula is C24H29NO4S. The second-order valence-electron chi connectivity index (χ2n) is 9.39. The molecule has 2 aromatic carbocycles. The van der Waals surface area contributed by atoms with Crippen LogP contribution in [0.1, 0.15) is 44.1 Å². The third kappa shape index (κ3) is 3.35. The Balaban J connectivity index is 1.39. The van der Waals surface area contributed by atoms with Crippen molar-refractivity contribution in [1.82, 2.24) is 0 Å². The highest BCUT2D eigenvalue weighted by Gasteiger charge is 2.51. The van der Waals surface area contributed by atoms with Gasteiger partial charge in [-0.05, 0) is 91.5 Å². The number of ether oxygens (including phenoxy) is 2. The summed E-state index contributed by atoms with van der Waals surface area (Å²) in [4.78, 5) is 0.272. The molecule has 0 heterocycles. The normalized spacial score (nSPS) is 29.6. The van der Waals surface area contributed by atoms with E-state index in [0.717, 1.165) is 17.8 Å². The number of anilines is 1. The topological polar surface area (TPSA) is 64.6 Å². The van der Waals surface area contributed by atoms with E-state index >= 15 is 0 Å². The summed E-state index contributed by atoms with van der Waals surface area (Å²) >= 11 is 0. The highest BCUT2D eigenvalue weighted by molar-refractivity contribution is 7.92. The highest BCUT2D eigenvalue weighted by Crippen LogP contribution is 2.60. The van der Waals surface area contributed by atoms with Crippen LogP contribution in [0, 0.1) is 17.8 Å². The van der Waals surface area contributed by atoms with Gasteiger partial charge < -0.3 is 9.47 Å². The maximum atomic E-state index is 13.0. The van der Waals surface area contributed by atoms with Crippen LogP contribution >= 0.6 is 0 Å². The molecule has 5 nitrogen and oxygen atoms in total. The molecule has 2 aromatic rings. The zero-order valence-electron chi connectivity index (χ0n) is 17.6. The SMILES string of the molecule is COc1ccc(NS(=O)(=O)c2ccc(C34CC5CC(CC(C5)C3)C4)cc2)c(OC)c1. The largest absolute Gasteiger partial charge is 0.497 e. The van der Waals surface area contributed by atoms with Crippen LogP contribution in [0.4, 0.5) is 5.69 Å². The Morgan fingerprint density at radius 2 is 1.47 bits per heavy atom. The van der Waals surface area contributed by atoms with Gasteiger partial charge in [0.1, 0.15) is 11.5 Å². The summed E-state index contributed by atoms with van der Waals surface area (Å²) in [7, 11) is -0.643. The molecular weight excluding hydrogens is 398 g/mol. The van der Waals surface area contributed by atoms with Gasteiger partial charge in [-0.15, -0.1) is 0 Å². The Morgan fingerprint density at radius 3 is 2.00 bits per heavy atom. The first-order valence-electron chi connectivity index (χ1n) is 10.8. The van der Waals surface area contributed by atoms with E-state index in [0.29, 0.717) is 17.2 Å². The summed E-state index contributed by atoms with van der Waals surface area (Å²) < 4.78 is 39.1. The maximum absolute atomic E-state index is 13.0. The molecule has 0 radical (unpaired) electrons. The van der Waals surface area contributed by atoms with Gasteiger partial charge in [0.05, 0.1) is 24.8 Å². The summed E-state index contributed by atoms with van der Waals surface area (Å²) in [6.07, 6.45) is 8.02. The lowest BCUT2D eigenvalue weighted by molar-refractivity contribution is -0.00521. The zero-order valence-corrected chi connectivity index (χ0v) is 18.4. The molecule has 4 saturated carbocycles. The van der Waals surface area contributed by atoms with Crippen molar-refractivity contribution < 1.29 is 17.9 Å². The monoisotopic (exact) mass is 427 g/mol. The van der Waals surface area contributed by atoms with E-state index in [1.54, 1.807) is 37.4 Å². The average molecular weight is 428 g/mol. The number of nitrogens with one attached hydrogen (secondary N) is 1. The summed E-state index contributed by atoms with van der Waals surface area (Å²) in [5.74, 6) is 3.62. The van der Waals surface area contributed by atoms with Crippen molar-refractivity contribution in [3.8, 4) is 11.5 Å². The number of hydrogen-bond acceptors (Lipinski definition) is 4. The van der Waals surface area contributed by atoms with Crippen molar-refractivity contribution in [2.45, 2.75) is 48.8 Å². The van der Waals surface area contributed by atoms with Gasteiger partial charge in [-0.2, -0.15) is 0 Å². The predicted molar refractivity (Wildman–Crippen MR) is 117 cm³/mol. The van der Waals surface area contributed by atoms with Crippen LogP contribution in [0.25, 0.3) is 0 Å². The van der Waals surface area contributed by atoms with Gasteiger partial charge >= 0.3 is 0 Å².